The van der Waals surface area contributed by atoms with Gasteiger partial charge in [-0.3, -0.25) is 0 Å². The fourth-order valence-electron chi connectivity index (χ4n) is 2.84. The molecule has 3 aromatic rings. The maximum atomic E-state index is 2.42. The molecule has 0 saturated heterocycles. The number of hydrogen-bond acceptors (Lipinski definition) is 0. The van der Waals surface area contributed by atoms with Gasteiger partial charge >= 0.3 is 18.9 Å². The van der Waals surface area contributed by atoms with Gasteiger partial charge in [-0.05, 0) is 55.1 Å². The Kier molecular flexibility index (Phi) is 4.63. The van der Waals surface area contributed by atoms with E-state index < -0.39 is 0 Å². The minimum absolute atomic E-state index is 0. The zero-order chi connectivity index (χ0) is 15.4. The van der Waals surface area contributed by atoms with E-state index in [4.69, 9.17) is 0 Å². The van der Waals surface area contributed by atoms with Crippen LogP contribution in [0.15, 0.2) is 36.4 Å². The molecule has 0 atom stereocenters. The van der Waals surface area contributed by atoms with E-state index in [1.165, 1.54) is 32.1 Å². The van der Waals surface area contributed by atoms with Crippen LogP contribution in [-0.4, -0.2) is 0 Å². The molecule has 0 N–H and O–H groups in total. The smallest absolute Gasteiger partial charge is 1.00 e. The Morgan fingerprint density at radius 1 is 0.682 bits per heavy atom. The molecular weight excluding hydrogens is 278 g/mol. The Morgan fingerprint density at radius 3 is 1.36 bits per heavy atom. The molecule has 0 aliphatic heterocycles. The maximum Gasteiger partial charge on any atom is 1.00 e. The molecule has 0 amide bonds. The van der Waals surface area contributed by atoms with E-state index in [-0.39, 0.29) is 31.1 Å². The molecular formula is C20H26LiP. The fraction of sp³-hybridized carbons (Fsp3) is 0.400. The summed E-state index contributed by atoms with van der Waals surface area (Å²) < 4.78 is 0. The second-order valence-electron chi connectivity index (χ2n) is 8.15. The molecule has 1 heterocycles. The molecule has 0 aliphatic carbocycles. The molecule has 0 bridgehead atoms. The third kappa shape index (κ3) is 3.16. The number of benzene rings is 2. The van der Waals surface area contributed by atoms with Crippen molar-refractivity contribution in [2.45, 2.75) is 52.4 Å². The van der Waals surface area contributed by atoms with Gasteiger partial charge in [-0.2, -0.15) is 0 Å². The topological polar surface area (TPSA) is 0 Å². The van der Waals surface area contributed by atoms with Crippen LogP contribution < -0.4 is 18.9 Å². The first-order valence-corrected chi connectivity index (χ1v) is 8.73. The van der Waals surface area contributed by atoms with Crippen LogP contribution in [0, 0.1) is 0 Å². The van der Waals surface area contributed by atoms with Crippen molar-refractivity contribution in [1.82, 2.24) is 0 Å². The first-order chi connectivity index (χ1) is 9.66. The average Bonchev–Trinajstić information content (AvgIpc) is 2.73. The van der Waals surface area contributed by atoms with Crippen LogP contribution in [0.5, 0.6) is 0 Å². The Bertz CT molecular complexity index is 751. The van der Waals surface area contributed by atoms with Crippen molar-refractivity contribution >= 4 is 29.2 Å². The Labute approximate surface area is 149 Å². The van der Waals surface area contributed by atoms with E-state index in [0.29, 0.717) is 0 Å². The summed E-state index contributed by atoms with van der Waals surface area (Å²) in [6.45, 7) is 13.7. The van der Waals surface area contributed by atoms with E-state index in [1.54, 1.807) is 0 Å². The van der Waals surface area contributed by atoms with Crippen molar-refractivity contribution in [3.8, 4) is 0 Å². The SMILES string of the molecule is CC(C)(C)c1ccc2c(c1)[pH]c1cc(C(C)(C)C)ccc12.[H-].[Li+]. The van der Waals surface area contributed by atoms with E-state index in [1.807, 2.05) is 0 Å². The molecule has 0 spiro atoms. The van der Waals surface area contributed by atoms with Gasteiger partial charge in [0.1, 0.15) is 0 Å². The minimum atomic E-state index is 0. The van der Waals surface area contributed by atoms with Crippen LogP contribution in [0.3, 0.4) is 0 Å². The van der Waals surface area contributed by atoms with Crippen LogP contribution in [0.1, 0.15) is 54.1 Å². The molecule has 2 heteroatoms. The van der Waals surface area contributed by atoms with Crippen LogP contribution in [-0.2, 0) is 10.8 Å². The quantitative estimate of drug-likeness (QED) is 0.555. The summed E-state index contributed by atoms with van der Waals surface area (Å²) in [6.07, 6.45) is 0. The monoisotopic (exact) mass is 304 g/mol. The first kappa shape index (κ1) is 17.7. The molecule has 0 unspecified atom stereocenters. The predicted molar refractivity (Wildman–Crippen MR) is 99.5 cm³/mol. The summed E-state index contributed by atoms with van der Waals surface area (Å²) in [5.41, 5.74) is 3.34. The van der Waals surface area contributed by atoms with Gasteiger partial charge in [0.25, 0.3) is 0 Å². The van der Waals surface area contributed by atoms with Crippen molar-refractivity contribution in [2.24, 2.45) is 0 Å². The first-order valence-electron chi connectivity index (χ1n) is 7.73. The summed E-state index contributed by atoms with van der Waals surface area (Å²) in [7, 11) is 0.802. The Morgan fingerprint density at radius 2 is 1.05 bits per heavy atom. The standard InChI is InChI=1S/C20H25P.Li.H/c1-19(2,3)13-7-9-15-16-10-8-14(20(4,5)6)12-18(16)21-17(15)11-13;;/h7-12,21H,1-6H3;;/q;+1;-1. The number of hydrogen-bond donors (Lipinski definition) is 0. The van der Waals surface area contributed by atoms with Gasteiger partial charge in [0.05, 0.1) is 0 Å². The van der Waals surface area contributed by atoms with E-state index in [2.05, 4.69) is 77.9 Å². The van der Waals surface area contributed by atoms with Gasteiger partial charge in [0.2, 0.25) is 0 Å². The van der Waals surface area contributed by atoms with Gasteiger partial charge in [0.15, 0.2) is 0 Å². The molecule has 0 fully saturated rings. The van der Waals surface area contributed by atoms with E-state index >= 15 is 0 Å². The summed E-state index contributed by atoms with van der Waals surface area (Å²) in [5, 5.41) is 5.92. The third-order valence-electron chi connectivity index (χ3n) is 4.33. The maximum absolute atomic E-state index is 2.42. The van der Waals surface area contributed by atoms with Crippen molar-refractivity contribution in [3.05, 3.63) is 47.5 Å². The molecule has 22 heavy (non-hydrogen) atoms. The van der Waals surface area contributed by atoms with Crippen molar-refractivity contribution in [2.75, 3.05) is 0 Å². The Hall–Kier alpha value is -0.663. The zero-order valence-electron chi connectivity index (χ0n) is 16.0. The number of rotatable bonds is 0. The van der Waals surface area contributed by atoms with E-state index in [0.717, 1.165) is 8.19 Å². The molecule has 3 rings (SSSR count). The second-order valence-corrected chi connectivity index (χ2v) is 9.47. The van der Waals surface area contributed by atoms with Crippen LogP contribution in [0.2, 0.25) is 0 Å². The van der Waals surface area contributed by atoms with Gasteiger partial charge < -0.3 is 1.43 Å². The van der Waals surface area contributed by atoms with Crippen molar-refractivity contribution < 1.29 is 20.3 Å². The van der Waals surface area contributed by atoms with Crippen molar-refractivity contribution in [3.63, 3.8) is 0 Å². The van der Waals surface area contributed by atoms with Gasteiger partial charge in [0, 0.05) is 0 Å². The summed E-state index contributed by atoms with van der Waals surface area (Å²) in [4.78, 5) is 0. The zero-order valence-corrected chi connectivity index (χ0v) is 16.0. The second kappa shape index (κ2) is 5.76. The van der Waals surface area contributed by atoms with Crippen LogP contribution in [0.4, 0.5) is 0 Å². The predicted octanol–water partition coefficient (Wildman–Crippen LogP) is 3.74. The van der Waals surface area contributed by atoms with Gasteiger partial charge in [-0.15, -0.1) is 8.19 Å². The normalized spacial score (nSPS) is 12.6. The van der Waals surface area contributed by atoms with Crippen LogP contribution in [0.25, 0.3) is 21.0 Å². The average molecular weight is 304 g/mol. The summed E-state index contributed by atoms with van der Waals surface area (Å²) in [5.74, 6) is 0. The van der Waals surface area contributed by atoms with Gasteiger partial charge in [-0.1, -0.05) is 65.8 Å². The molecule has 0 nitrogen and oxygen atoms in total. The van der Waals surface area contributed by atoms with Crippen LogP contribution >= 0.6 is 8.19 Å². The summed E-state index contributed by atoms with van der Waals surface area (Å²) >= 11 is 0. The molecule has 2 aromatic carbocycles. The van der Waals surface area contributed by atoms with Gasteiger partial charge in [-0.25, -0.2) is 0 Å². The Balaban J connectivity index is 0.00000132. The molecule has 0 saturated carbocycles. The van der Waals surface area contributed by atoms with Crippen molar-refractivity contribution in [1.29, 1.82) is 0 Å². The summed E-state index contributed by atoms with van der Waals surface area (Å²) in [6, 6.07) is 14.1. The molecule has 0 radical (unpaired) electrons. The fourth-order valence-corrected chi connectivity index (χ4v) is 4.29. The largest absolute Gasteiger partial charge is 1.00 e. The minimum Gasteiger partial charge on any atom is -1.00 e. The van der Waals surface area contributed by atoms with E-state index in [9.17, 15) is 0 Å². The molecule has 112 valence electrons. The molecule has 0 aliphatic rings. The third-order valence-corrected chi connectivity index (χ3v) is 5.70. The molecule has 1 aromatic heterocycles. The number of fused-ring (bicyclic) bond motifs is 3.